The first kappa shape index (κ1) is 14.4. The van der Waals surface area contributed by atoms with E-state index in [9.17, 15) is 8.42 Å². The molecule has 0 amide bonds. The maximum absolute atomic E-state index is 12.9. The SMILES string of the molecule is CC1CC(C)CN(S(=O)(=O)c2c[nH]c3cc(N)ccc23)C1. The Morgan fingerprint density at radius 1 is 1.24 bits per heavy atom. The van der Waals surface area contributed by atoms with Crippen molar-refractivity contribution in [3.05, 3.63) is 24.4 Å². The van der Waals surface area contributed by atoms with Crippen molar-refractivity contribution in [2.24, 2.45) is 11.8 Å². The number of anilines is 1. The third kappa shape index (κ3) is 2.53. The van der Waals surface area contributed by atoms with Gasteiger partial charge < -0.3 is 10.7 Å². The summed E-state index contributed by atoms with van der Waals surface area (Å²) in [4.78, 5) is 3.36. The van der Waals surface area contributed by atoms with Gasteiger partial charge in [0.15, 0.2) is 0 Å². The maximum atomic E-state index is 12.9. The Balaban J connectivity index is 2.04. The number of H-pyrrole nitrogens is 1. The number of rotatable bonds is 2. The molecular weight excluding hydrogens is 286 g/mol. The highest BCUT2D eigenvalue weighted by Crippen LogP contribution is 2.31. The van der Waals surface area contributed by atoms with Gasteiger partial charge in [-0.2, -0.15) is 4.31 Å². The molecule has 21 heavy (non-hydrogen) atoms. The molecule has 1 aromatic carbocycles. The Morgan fingerprint density at radius 2 is 1.90 bits per heavy atom. The molecule has 6 heteroatoms. The van der Waals surface area contributed by atoms with Crippen molar-refractivity contribution in [3.63, 3.8) is 0 Å². The normalized spacial score (nSPS) is 24.5. The second-order valence-corrected chi connectivity index (χ2v) is 8.13. The molecule has 0 radical (unpaired) electrons. The van der Waals surface area contributed by atoms with Crippen LogP contribution in [0.1, 0.15) is 20.3 Å². The van der Waals surface area contributed by atoms with Gasteiger partial charge >= 0.3 is 0 Å². The van der Waals surface area contributed by atoms with E-state index in [1.54, 1.807) is 28.7 Å². The summed E-state index contributed by atoms with van der Waals surface area (Å²) < 4.78 is 27.4. The number of hydrogen-bond acceptors (Lipinski definition) is 3. The van der Waals surface area contributed by atoms with Gasteiger partial charge in [0.2, 0.25) is 10.0 Å². The van der Waals surface area contributed by atoms with Crippen LogP contribution in [0.15, 0.2) is 29.3 Å². The van der Waals surface area contributed by atoms with Crippen LogP contribution in [-0.4, -0.2) is 30.8 Å². The summed E-state index contributed by atoms with van der Waals surface area (Å²) in [5.74, 6) is 0.786. The zero-order valence-corrected chi connectivity index (χ0v) is 13.2. The Labute approximate surface area is 125 Å². The second kappa shape index (κ2) is 5.03. The summed E-state index contributed by atoms with van der Waals surface area (Å²) in [5, 5.41) is 0.704. The predicted octanol–water partition coefficient (Wildman–Crippen LogP) is 2.42. The zero-order valence-electron chi connectivity index (χ0n) is 12.3. The van der Waals surface area contributed by atoms with Gasteiger partial charge in [-0.3, -0.25) is 0 Å². The van der Waals surface area contributed by atoms with E-state index in [-0.39, 0.29) is 0 Å². The molecule has 2 atom stereocenters. The van der Waals surface area contributed by atoms with Gasteiger partial charge in [-0.1, -0.05) is 13.8 Å². The highest BCUT2D eigenvalue weighted by Gasteiger charge is 2.33. The van der Waals surface area contributed by atoms with Crippen LogP contribution in [0.3, 0.4) is 0 Å². The summed E-state index contributed by atoms with van der Waals surface area (Å²) >= 11 is 0. The number of nitrogens with one attached hydrogen (secondary N) is 1. The summed E-state index contributed by atoms with van der Waals surface area (Å²) in [7, 11) is -3.46. The van der Waals surface area contributed by atoms with Crippen LogP contribution in [0.25, 0.3) is 10.9 Å². The van der Waals surface area contributed by atoms with Crippen LogP contribution in [0, 0.1) is 11.8 Å². The first-order valence-corrected chi connectivity index (χ1v) is 8.68. The molecule has 0 saturated carbocycles. The minimum absolute atomic E-state index is 0.346. The van der Waals surface area contributed by atoms with Gasteiger partial charge in [-0.25, -0.2) is 8.42 Å². The van der Waals surface area contributed by atoms with Crippen LogP contribution < -0.4 is 5.73 Å². The van der Waals surface area contributed by atoms with Gasteiger partial charge in [-0.15, -0.1) is 0 Å². The summed E-state index contributed by atoms with van der Waals surface area (Å²) in [6, 6.07) is 5.26. The molecule has 3 rings (SSSR count). The van der Waals surface area contributed by atoms with Crippen molar-refractivity contribution in [3.8, 4) is 0 Å². The van der Waals surface area contributed by atoms with Crippen LogP contribution in [-0.2, 0) is 10.0 Å². The molecule has 0 bridgehead atoms. The lowest BCUT2D eigenvalue weighted by molar-refractivity contribution is 0.222. The van der Waals surface area contributed by atoms with Crippen LogP contribution >= 0.6 is 0 Å². The fourth-order valence-corrected chi connectivity index (χ4v) is 5.12. The smallest absolute Gasteiger partial charge is 0.245 e. The molecule has 1 aliphatic rings. The Kier molecular flexibility index (Phi) is 3.45. The van der Waals surface area contributed by atoms with E-state index in [2.05, 4.69) is 18.8 Å². The van der Waals surface area contributed by atoms with E-state index in [4.69, 9.17) is 5.73 Å². The Hall–Kier alpha value is -1.53. The number of nitrogens with zero attached hydrogens (tertiary/aromatic N) is 1. The lowest BCUT2D eigenvalue weighted by Crippen LogP contribution is -2.42. The minimum Gasteiger partial charge on any atom is -0.399 e. The first-order chi connectivity index (χ1) is 9.88. The topological polar surface area (TPSA) is 79.2 Å². The van der Waals surface area contributed by atoms with E-state index >= 15 is 0 Å². The molecule has 0 spiro atoms. The van der Waals surface area contributed by atoms with E-state index in [1.165, 1.54) is 0 Å². The zero-order chi connectivity index (χ0) is 15.2. The van der Waals surface area contributed by atoms with Crippen LogP contribution in [0.4, 0.5) is 5.69 Å². The number of sulfonamides is 1. The lowest BCUT2D eigenvalue weighted by atomic mass is 9.94. The number of nitrogens with two attached hydrogens (primary N) is 1. The molecule has 114 valence electrons. The average molecular weight is 307 g/mol. The largest absolute Gasteiger partial charge is 0.399 e. The number of fused-ring (bicyclic) bond motifs is 1. The number of nitrogen functional groups attached to an aromatic ring is 1. The number of aromatic nitrogens is 1. The highest BCUT2D eigenvalue weighted by molar-refractivity contribution is 7.89. The van der Waals surface area contributed by atoms with Gasteiger partial charge in [-0.05, 0) is 36.5 Å². The van der Waals surface area contributed by atoms with E-state index < -0.39 is 10.0 Å². The molecule has 1 fully saturated rings. The van der Waals surface area contributed by atoms with E-state index in [0.717, 1.165) is 11.9 Å². The van der Waals surface area contributed by atoms with Gasteiger partial charge in [0.05, 0.1) is 0 Å². The van der Waals surface area contributed by atoms with Gasteiger partial charge in [0.1, 0.15) is 4.90 Å². The molecule has 1 aromatic heterocycles. The number of hydrogen-bond donors (Lipinski definition) is 2. The number of benzene rings is 1. The second-order valence-electron chi connectivity index (χ2n) is 6.23. The standard InChI is InChI=1S/C15H21N3O2S/c1-10-5-11(2)9-18(8-10)21(19,20)15-7-17-14-6-12(16)3-4-13(14)15/h3-4,6-7,10-11,17H,5,8-9,16H2,1-2H3. The average Bonchev–Trinajstić information content (AvgIpc) is 2.81. The summed E-state index contributed by atoms with van der Waals surface area (Å²) in [6.45, 7) is 5.39. The monoisotopic (exact) mass is 307 g/mol. The van der Waals surface area contributed by atoms with Crippen molar-refractivity contribution in [2.75, 3.05) is 18.8 Å². The molecule has 5 nitrogen and oxygen atoms in total. The summed E-state index contributed by atoms with van der Waals surface area (Å²) in [6.07, 6.45) is 2.65. The molecule has 3 N–H and O–H groups in total. The highest BCUT2D eigenvalue weighted by atomic mass is 32.2. The molecule has 1 saturated heterocycles. The Bertz CT molecular complexity index is 756. The van der Waals surface area contributed by atoms with Crippen LogP contribution in [0.2, 0.25) is 0 Å². The van der Waals surface area contributed by atoms with Crippen molar-refractivity contribution in [1.82, 2.24) is 9.29 Å². The van der Waals surface area contributed by atoms with Crippen molar-refractivity contribution >= 4 is 26.6 Å². The number of aromatic amines is 1. The van der Waals surface area contributed by atoms with Crippen molar-refractivity contribution in [1.29, 1.82) is 0 Å². The molecular formula is C15H21N3O2S. The number of piperidine rings is 1. The Morgan fingerprint density at radius 3 is 2.57 bits per heavy atom. The fourth-order valence-electron chi connectivity index (χ4n) is 3.27. The quantitative estimate of drug-likeness (QED) is 0.836. The van der Waals surface area contributed by atoms with Crippen LogP contribution in [0.5, 0.6) is 0 Å². The predicted molar refractivity (Wildman–Crippen MR) is 84.4 cm³/mol. The van der Waals surface area contributed by atoms with E-state index in [1.807, 2.05) is 0 Å². The molecule has 2 unspecified atom stereocenters. The minimum atomic E-state index is -3.46. The molecule has 1 aliphatic heterocycles. The van der Waals surface area contributed by atoms with Gasteiger partial charge in [0.25, 0.3) is 0 Å². The lowest BCUT2D eigenvalue weighted by Gasteiger charge is -2.33. The molecule has 2 heterocycles. The van der Waals surface area contributed by atoms with Gasteiger partial charge in [0, 0.05) is 35.9 Å². The third-order valence-electron chi connectivity index (χ3n) is 4.12. The van der Waals surface area contributed by atoms with Crippen molar-refractivity contribution in [2.45, 2.75) is 25.2 Å². The maximum Gasteiger partial charge on any atom is 0.245 e. The fraction of sp³-hybridized carbons (Fsp3) is 0.467. The molecule has 2 aromatic rings. The molecule has 0 aliphatic carbocycles. The van der Waals surface area contributed by atoms with Crippen molar-refractivity contribution < 1.29 is 8.42 Å². The summed E-state index contributed by atoms with van der Waals surface area (Å²) in [5.41, 5.74) is 7.12. The third-order valence-corrected chi connectivity index (χ3v) is 5.99. The van der Waals surface area contributed by atoms with E-state index in [0.29, 0.717) is 40.9 Å². The first-order valence-electron chi connectivity index (χ1n) is 7.24.